The molecule has 2 rings (SSSR count). The van der Waals surface area contributed by atoms with Gasteiger partial charge in [0.25, 0.3) is 0 Å². The third-order valence-corrected chi connectivity index (χ3v) is 5.56. The zero-order valence-corrected chi connectivity index (χ0v) is 14.3. The Bertz CT molecular complexity index is 433. The molecule has 1 atom stereocenters. The molecule has 118 valence electrons. The molecule has 0 bridgehead atoms. The first kappa shape index (κ1) is 16.5. The molecule has 2 nitrogen and oxygen atoms in total. The summed E-state index contributed by atoms with van der Waals surface area (Å²) in [6, 6.07) is 9.24. The van der Waals surface area contributed by atoms with E-state index in [0.717, 1.165) is 0 Å². The monoisotopic (exact) mass is 288 g/mol. The van der Waals surface area contributed by atoms with Gasteiger partial charge in [-0.1, -0.05) is 44.5 Å². The summed E-state index contributed by atoms with van der Waals surface area (Å²) in [4.78, 5) is 2.65. The van der Waals surface area contributed by atoms with Crippen molar-refractivity contribution < 1.29 is 0 Å². The first-order valence-corrected chi connectivity index (χ1v) is 8.53. The molecule has 1 aliphatic heterocycles. The van der Waals surface area contributed by atoms with Crippen LogP contribution in [0.2, 0.25) is 0 Å². The summed E-state index contributed by atoms with van der Waals surface area (Å²) in [5.41, 5.74) is 3.44. The minimum absolute atomic E-state index is 0.477. The quantitative estimate of drug-likeness (QED) is 0.845. The number of rotatable bonds is 6. The number of likely N-dealkylation sites (tertiary alicyclic amines) is 1. The van der Waals surface area contributed by atoms with Crippen LogP contribution in [-0.4, -0.2) is 31.6 Å². The Balaban J connectivity index is 1.86. The fourth-order valence-electron chi connectivity index (χ4n) is 3.41. The molecule has 0 spiro atoms. The molecule has 0 aromatic heterocycles. The van der Waals surface area contributed by atoms with Crippen LogP contribution in [0, 0.1) is 12.3 Å². The molecule has 1 unspecified atom stereocenters. The van der Waals surface area contributed by atoms with Crippen LogP contribution in [0.1, 0.15) is 56.7 Å². The Morgan fingerprint density at radius 3 is 2.48 bits per heavy atom. The van der Waals surface area contributed by atoms with Gasteiger partial charge in [-0.2, -0.15) is 0 Å². The molecule has 0 aliphatic carbocycles. The van der Waals surface area contributed by atoms with Gasteiger partial charge in [-0.25, -0.2) is 0 Å². The van der Waals surface area contributed by atoms with Gasteiger partial charge in [-0.3, -0.25) is 0 Å². The van der Waals surface area contributed by atoms with Crippen LogP contribution in [0.15, 0.2) is 24.3 Å². The summed E-state index contributed by atoms with van der Waals surface area (Å²) in [6.07, 6.45) is 5.24. The first-order valence-electron chi connectivity index (χ1n) is 8.53. The van der Waals surface area contributed by atoms with E-state index in [1.54, 1.807) is 0 Å². The topological polar surface area (TPSA) is 15.3 Å². The predicted molar refractivity (Wildman–Crippen MR) is 91.7 cm³/mol. The van der Waals surface area contributed by atoms with Crippen LogP contribution in [0.5, 0.6) is 0 Å². The van der Waals surface area contributed by atoms with Crippen LogP contribution >= 0.6 is 0 Å². The number of piperidine rings is 1. The minimum Gasteiger partial charge on any atom is -0.313 e. The summed E-state index contributed by atoms with van der Waals surface area (Å²) in [5.74, 6) is 0. The number of benzene rings is 1. The minimum atomic E-state index is 0.477. The predicted octanol–water partition coefficient (Wildman–Crippen LogP) is 4.16. The lowest BCUT2D eigenvalue weighted by atomic mass is 9.78. The van der Waals surface area contributed by atoms with Gasteiger partial charge in [0.15, 0.2) is 0 Å². The highest BCUT2D eigenvalue weighted by atomic mass is 15.1. The van der Waals surface area contributed by atoms with Crippen LogP contribution in [0.3, 0.4) is 0 Å². The van der Waals surface area contributed by atoms with E-state index in [0.29, 0.717) is 11.5 Å². The average molecular weight is 288 g/mol. The Morgan fingerprint density at radius 2 is 1.90 bits per heavy atom. The van der Waals surface area contributed by atoms with Gasteiger partial charge >= 0.3 is 0 Å². The van der Waals surface area contributed by atoms with Gasteiger partial charge in [0, 0.05) is 6.04 Å². The Morgan fingerprint density at radius 1 is 1.24 bits per heavy atom. The average Bonchev–Trinajstić information content (AvgIpc) is 2.51. The number of hydrogen-bond acceptors (Lipinski definition) is 2. The molecule has 1 aromatic carbocycles. The first-order chi connectivity index (χ1) is 10.1. The van der Waals surface area contributed by atoms with Gasteiger partial charge in [-0.05, 0) is 69.4 Å². The molecule has 1 heterocycles. The number of hydrogen-bond donors (Lipinski definition) is 1. The van der Waals surface area contributed by atoms with E-state index in [4.69, 9.17) is 0 Å². The van der Waals surface area contributed by atoms with Crippen molar-refractivity contribution in [2.75, 3.05) is 26.7 Å². The largest absolute Gasteiger partial charge is 0.313 e. The molecule has 1 aromatic rings. The van der Waals surface area contributed by atoms with Gasteiger partial charge in [0.2, 0.25) is 0 Å². The van der Waals surface area contributed by atoms with E-state index in [1.165, 1.54) is 56.4 Å². The summed E-state index contributed by atoms with van der Waals surface area (Å²) < 4.78 is 0. The van der Waals surface area contributed by atoms with Crippen molar-refractivity contribution in [1.82, 2.24) is 10.2 Å². The van der Waals surface area contributed by atoms with E-state index in [2.05, 4.69) is 62.3 Å². The third-order valence-electron chi connectivity index (χ3n) is 5.56. The molecule has 1 fully saturated rings. The third kappa shape index (κ3) is 4.31. The fraction of sp³-hybridized carbons (Fsp3) is 0.684. The van der Waals surface area contributed by atoms with Gasteiger partial charge in [0.05, 0.1) is 0 Å². The van der Waals surface area contributed by atoms with Crippen molar-refractivity contribution in [2.45, 2.75) is 52.5 Å². The van der Waals surface area contributed by atoms with E-state index in [-0.39, 0.29) is 0 Å². The molecule has 2 heteroatoms. The van der Waals surface area contributed by atoms with Gasteiger partial charge in [0.1, 0.15) is 0 Å². The van der Waals surface area contributed by atoms with Crippen molar-refractivity contribution in [1.29, 1.82) is 0 Å². The van der Waals surface area contributed by atoms with E-state index in [1.807, 2.05) is 0 Å². The Labute approximate surface area is 130 Å². The SMILES string of the molecule is CCC1(C)CCN(CCC(NC)c2ccccc2C)CC1. The molecule has 21 heavy (non-hydrogen) atoms. The van der Waals surface area contributed by atoms with Crippen LogP contribution < -0.4 is 5.32 Å². The van der Waals surface area contributed by atoms with Crippen LogP contribution in [-0.2, 0) is 0 Å². The fourth-order valence-corrected chi connectivity index (χ4v) is 3.41. The normalized spacial score (nSPS) is 20.4. The van der Waals surface area contributed by atoms with E-state index in [9.17, 15) is 0 Å². The second-order valence-corrected chi connectivity index (χ2v) is 6.99. The van der Waals surface area contributed by atoms with Crippen LogP contribution in [0.4, 0.5) is 0 Å². The van der Waals surface area contributed by atoms with Crippen molar-refractivity contribution in [3.8, 4) is 0 Å². The van der Waals surface area contributed by atoms with Gasteiger partial charge in [-0.15, -0.1) is 0 Å². The smallest absolute Gasteiger partial charge is 0.0332 e. The van der Waals surface area contributed by atoms with E-state index >= 15 is 0 Å². The lowest BCUT2D eigenvalue weighted by molar-refractivity contribution is 0.111. The highest BCUT2D eigenvalue weighted by molar-refractivity contribution is 5.28. The second-order valence-electron chi connectivity index (χ2n) is 6.99. The zero-order chi connectivity index (χ0) is 15.3. The van der Waals surface area contributed by atoms with E-state index < -0.39 is 0 Å². The summed E-state index contributed by atoms with van der Waals surface area (Å²) in [5, 5.41) is 3.50. The standard InChI is InChI=1S/C19H32N2/c1-5-19(3)11-14-21(15-12-19)13-10-18(20-4)17-9-7-6-8-16(17)2/h6-9,18,20H,5,10-15H2,1-4H3. The number of nitrogens with zero attached hydrogens (tertiary/aromatic N) is 1. The summed E-state index contributed by atoms with van der Waals surface area (Å²) in [6.45, 7) is 10.8. The Hall–Kier alpha value is -0.860. The zero-order valence-electron chi connectivity index (χ0n) is 14.3. The summed E-state index contributed by atoms with van der Waals surface area (Å²) >= 11 is 0. The maximum atomic E-state index is 3.50. The lowest BCUT2D eigenvalue weighted by Crippen LogP contribution is -2.39. The maximum absolute atomic E-state index is 3.50. The lowest BCUT2D eigenvalue weighted by Gasteiger charge is -2.39. The summed E-state index contributed by atoms with van der Waals surface area (Å²) in [7, 11) is 2.08. The maximum Gasteiger partial charge on any atom is 0.0332 e. The molecular weight excluding hydrogens is 256 g/mol. The molecule has 1 saturated heterocycles. The second kappa shape index (κ2) is 7.42. The van der Waals surface area contributed by atoms with Crippen molar-refractivity contribution >= 4 is 0 Å². The van der Waals surface area contributed by atoms with Gasteiger partial charge < -0.3 is 10.2 Å². The molecule has 0 amide bonds. The number of nitrogens with one attached hydrogen (secondary N) is 1. The molecular formula is C19H32N2. The number of aryl methyl sites for hydroxylation is 1. The highest BCUT2D eigenvalue weighted by Gasteiger charge is 2.28. The molecule has 0 radical (unpaired) electrons. The van der Waals surface area contributed by atoms with Crippen molar-refractivity contribution in [3.05, 3.63) is 35.4 Å². The molecule has 1 N–H and O–H groups in total. The van der Waals surface area contributed by atoms with Crippen molar-refractivity contribution in [2.24, 2.45) is 5.41 Å². The Kier molecular flexibility index (Phi) is 5.83. The van der Waals surface area contributed by atoms with Crippen LogP contribution in [0.25, 0.3) is 0 Å². The molecule has 1 aliphatic rings. The highest BCUT2D eigenvalue weighted by Crippen LogP contribution is 2.34. The molecule has 0 saturated carbocycles. The van der Waals surface area contributed by atoms with Crippen molar-refractivity contribution in [3.63, 3.8) is 0 Å².